The van der Waals surface area contributed by atoms with E-state index < -0.39 is 0 Å². The van der Waals surface area contributed by atoms with Gasteiger partial charge in [0.2, 0.25) is 0 Å². The van der Waals surface area contributed by atoms with Gasteiger partial charge in [-0.25, -0.2) is 0 Å². The Kier molecular flexibility index (Phi) is 4.78. The van der Waals surface area contributed by atoms with Crippen LogP contribution in [0.5, 0.6) is 0 Å². The van der Waals surface area contributed by atoms with Gasteiger partial charge in [0, 0.05) is 11.6 Å². The van der Waals surface area contributed by atoms with Gasteiger partial charge in [-0.3, -0.25) is 4.79 Å². The number of aliphatic hydroxyl groups excluding tert-OH is 1. The molecule has 2 aromatic rings. The van der Waals surface area contributed by atoms with Crippen LogP contribution in [-0.2, 0) is 12.0 Å². The lowest BCUT2D eigenvalue weighted by molar-refractivity contribution is 0.102. The van der Waals surface area contributed by atoms with Gasteiger partial charge in [0.25, 0.3) is 0 Å². The van der Waals surface area contributed by atoms with Gasteiger partial charge in [0.05, 0.1) is 5.75 Å². The van der Waals surface area contributed by atoms with Gasteiger partial charge < -0.3 is 9.67 Å². The normalized spacial score (nSPS) is 14.8. The molecule has 0 unspecified atom stereocenters. The number of hydrogen-bond acceptors (Lipinski definition) is 5. The van der Waals surface area contributed by atoms with E-state index in [4.69, 9.17) is 0 Å². The zero-order chi connectivity index (χ0) is 17.3. The average Bonchev–Trinajstić information content (AvgIpc) is 3.31. The molecule has 1 heterocycles. The lowest BCUT2D eigenvalue weighted by atomic mass is 9.86. The zero-order valence-corrected chi connectivity index (χ0v) is 15.1. The molecule has 0 atom stereocenters. The molecule has 1 fully saturated rings. The van der Waals surface area contributed by atoms with Gasteiger partial charge in [-0.15, -0.1) is 10.2 Å². The van der Waals surface area contributed by atoms with Crippen molar-refractivity contribution in [3.63, 3.8) is 0 Å². The van der Waals surface area contributed by atoms with Crippen LogP contribution < -0.4 is 0 Å². The molecule has 0 saturated heterocycles. The van der Waals surface area contributed by atoms with Crippen LogP contribution in [-0.4, -0.2) is 31.4 Å². The molecule has 0 amide bonds. The average molecular weight is 345 g/mol. The Hall–Kier alpha value is -1.66. The predicted octanol–water partition coefficient (Wildman–Crippen LogP) is 3.38. The summed E-state index contributed by atoms with van der Waals surface area (Å²) in [4.78, 5) is 12.4. The third-order valence-electron chi connectivity index (χ3n) is 4.19. The van der Waals surface area contributed by atoms with E-state index in [0.29, 0.717) is 17.6 Å². The van der Waals surface area contributed by atoms with E-state index in [2.05, 4.69) is 31.0 Å². The van der Waals surface area contributed by atoms with E-state index in [-0.39, 0.29) is 17.8 Å². The molecule has 1 aliphatic carbocycles. The molecule has 3 rings (SSSR count). The molecule has 0 spiro atoms. The first kappa shape index (κ1) is 17.2. The lowest BCUT2D eigenvalue weighted by Crippen LogP contribution is -2.11. The second-order valence-electron chi connectivity index (χ2n) is 7.20. The molecular weight excluding hydrogens is 322 g/mol. The van der Waals surface area contributed by atoms with Crippen molar-refractivity contribution >= 4 is 17.5 Å². The van der Waals surface area contributed by atoms with Crippen LogP contribution in [0.15, 0.2) is 29.4 Å². The number of ketones is 1. The Bertz CT molecular complexity index is 728. The number of thioether (sulfide) groups is 1. The van der Waals surface area contributed by atoms with Crippen molar-refractivity contribution in [2.75, 3.05) is 5.75 Å². The topological polar surface area (TPSA) is 68.0 Å². The summed E-state index contributed by atoms with van der Waals surface area (Å²) in [7, 11) is 0. The van der Waals surface area contributed by atoms with Crippen molar-refractivity contribution < 1.29 is 9.90 Å². The highest BCUT2D eigenvalue weighted by Gasteiger charge is 2.29. The summed E-state index contributed by atoms with van der Waals surface area (Å²) in [5, 5.41) is 18.2. The van der Waals surface area contributed by atoms with Crippen LogP contribution in [0.4, 0.5) is 0 Å². The molecule has 0 aliphatic heterocycles. The second-order valence-corrected chi connectivity index (χ2v) is 8.14. The smallest absolute Gasteiger partial charge is 0.191 e. The lowest BCUT2D eigenvalue weighted by Gasteiger charge is -2.18. The highest BCUT2D eigenvalue weighted by Crippen LogP contribution is 2.38. The molecule has 1 aliphatic rings. The van der Waals surface area contributed by atoms with Crippen molar-refractivity contribution in [3.8, 4) is 0 Å². The number of benzene rings is 1. The van der Waals surface area contributed by atoms with Crippen molar-refractivity contribution in [1.82, 2.24) is 14.8 Å². The molecule has 0 radical (unpaired) electrons. The van der Waals surface area contributed by atoms with E-state index >= 15 is 0 Å². The van der Waals surface area contributed by atoms with Crippen LogP contribution in [0, 0.1) is 0 Å². The van der Waals surface area contributed by atoms with E-state index in [1.807, 2.05) is 28.8 Å². The minimum atomic E-state index is -0.119. The van der Waals surface area contributed by atoms with Crippen LogP contribution >= 0.6 is 11.8 Å². The van der Waals surface area contributed by atoms with Crippen molar-refractivity contribution in [2.24, 2.45) is 0 Å². The van der Waals surface area contributed by atoms with Crippen LogP contribution in [0.3, 0.4) is 0 Å². The van der Waals surface area contributed by atoms with Crippen LogP contribution in [0.25, 0.3) is 0 Å². The van der Waals surface area contributed by atoms with Crippen LogP contribution in [0.2, 0.25) is 0 Å². The molecule has 1 saturated carbocycles. The summed E-state index contributed by atoms with van der Waals surface area (Å²) in [5.74, 6) is 0.990. The SMILES string of the molecule is CC(C)(C)c1ccc(C(=O)CSc2nnc(CO)n2C2CC2)cc1. The van der Waals surface area contributed by atoms with E-state index in [0.717, 1.165) is 23.6 Å². The van der Waals surface area contributed by atoms with Crippen molar-refractivity contribution in [1.29, 1.82) is 0 Å². The number of carbonyl (C=O) groups excluding carboxylic acids is 1. The number of rotatable bonds is 6. The van der Waals surface area contributed by atoms with Gasteiger partial charge in [0.1, 0.15) is 6.61 Å². The number of carbonyl (C=O) groups is 1. The van der Waals surface area contributed by atoms with E-state index in [9.17, 15) is 9.90 Å². The van der Waals surface area contributed by atoms with Crippen molar-refractivity contribution in [3.05, 3.63) is 41.2 Å². The third-order valence-corrected chi connectivity index (χ3v) is 5.14. The number of aliphatic hydroxyl groups is 1. The molecule has 5 nitrogen and oxygen atoms in total. The molecule has 1 N–H and O–H groups in total. The van der Waals surface area contributed by atoms with Gasteiger partial charge >= 0.3 is 0 Å². The number of Topliss-reactive ketones (excluding diaryl/α,β-unsaturated/α-hetero) is 1. The monoisotopic (exact) mass is 345 g/mol. The molecule has 6 heteroatoms. The highest BCUT2D eigenvalue weighted by molar-refractivity contribution is 7.99. The minimum Gasteiger partial charge on any atom is -0.388 e. The van der Waals surface area contributed by atoms with Crippen molar-refractivity contribution in [2.45, 2.75) is 56.8 Å². The number of nitrogens with zero attached hydrogens (tertiary/aromatic N) is 3. The molecule has 1 aromatic heterocycles. The first-order valence-electron chi connectivity index (χ1n) is 8.21. The third kappa shape index (κ3) is 3.70. The Balaban J connectivity index is 1.67. The number of hydrogen-bond donors (Lipinski definition) is 1. The zero-order valence-electron chi connectivity index (χ0n) is 14.3. The first-order valence-corrected chi connectivity index (χ1v) is 9.20. The largest absolute Gasteiger partial charge is 0.388 e. The summed E-state index contributed by atoms with van der Waals surface area (Å²) < 4.78 is 1.97. The van der Waals surface area contributed by atoms with E-state index in [1.165, 1.54) is 17.3 Å². The molecule has 1 aromatic carbocycles. The summed E-state index contributed by atoms with van der Waals surface area (Å²) in [6.07, 6.45) is 2.17. The maximum Gasteiger partial charge on any atom is 0.191 e. The molecule has 128 valence electrons. The maximum absolute atomic E-state index is 12.4. The first-order chi connectivity index (χ1) is 11.4. The fourth-order valence-corrected chi connectivity index (χ4v) is 3.50. The number of aromatic nitrogens is 3. The maximum atomic E-state index is 12.4. The summed E-state index contributed by atoms with van der Waals surface area (Å²) in [6.45, 7) is 6.35. The molecular formula is C18H23N3O2S. The fraction of sp³-hybridized carbons (Fsp3) is 0.500. The van der Waals surface area contributed by atoms with E-state index in [1.54, 1.807) is 0 Å². The Morgan fingerprint density at radius 1 is 1.25 bits per heavy atom. The van der Waals surface area contributed by atoms with Gasteiger partial charge in [-0.05, 0) is 23.8 Å². The molecule has 0 bridgehead atoms. The second kappa shape index (κ2) is 6.69. The fourth-order valence-electron chi connectivity index (χ4n) is 2.58. The highest BCUT2D eigenvalue weighted by atomic mass is 32.2. The summed E-state index contributed by atoms with van der Waals surface area (Å²) in [5.41, 5.74) is 2.01. The molecule has 24 heavy (non-hydrogen) atoms. The van der Waals surface area contributed by atoms with Crippen LogP contribution in [0.1, 0.15) is 61.4 Å². The van der Waals surface area contributed by atoms with Gasteiger partial charge in [0.15, 0.2) is 16.8 Å². The minimum absolute atomic E-state index is 0.0800. The summed E-state index contributed by atoms with van der Waals surface area (Å²) in [6, 6.07) is 8.22. The van der Waals surface area contributed by atoms with Gasteiger partial charge in [-0.1, -0.05) is 56.8 Å². The Labute approximate surface area is 146 Å². The van der Waals surface area contributed by atoms with Gasteiger partial charge in [-0.2, -0.15) is 0 Å². The summed E-state index contributed by atoms with van der Waals surface area (Å²) >= 11 is 1.39. The Morgan fingerprint density at radius 3 is 2.46 bits per heavy atom. The standard InChI is InChI=1S/C18H23N3O2S/c1-18(2,3)13-6-4-12(5-7-13)15(23)11-24-17-20-19-16(10-22)21(17)14-8-9-14/h4-7,14,22H,8-11H2,1-3H3. The predicted molar refractivity (Wildman–Crippen MR) is 94.4 cm³/mol. The quantitative estimate of drug-likeness (QED) is 0.642. The Morgan fingerprint density at radius 2 is 1.92 bits per heavy atom.